The van der Waals surface area contributed by atoms with Gasteiger partial charge in [0.1, 0.15) is 5.78 Å². The van der Waals surface area contributed by atoms with Gasteiger partial charge in [0, 0.05) is 17.8 Å². The van der Waals surface area contributed by atoms with Gasteiger partial charge >= 0.3 is 0 Å². The van der Waals surface area contributed by atoms with Crippen LogP contribution < -0.4 is 0 Å². The second-order valence-electron chi connectivity index (χ2n) is 3.43. The fourth-order valence-corrected chi connectivity index (χ4v) is 2.41. The Kier molecular flexibility index (Phi) is 2.76. The van der Waals surface area contributed by atoms with Crippen LogP contribution in [-0.2, 0) is 11.3 Å². The van der Waals surface area contributed by atoms with Crippen molar-refractivity contribution >= 4 is 17.1 Å². The molecule has 0 saturated carbocycles. The van der Waals surface area contributed by atoms with Crippen molar-refractivity contribution < 1.29 is 4.79 Å². The molecule has 1 aliphatic heterocycles. The molecule has 3 heteroatoms. The number of carbonyl (C=O) groups is 1. The third-order valence-corrected chi connectivity index (χ3v) is 3.15. The summed E-state index contributed by atoms with van der Waals surface area (Å²) in [6.45, 7) is 2.67. The van der Waals surface area contributed by atoms with Crippen LogP contribution in [-0.4, -0.2) is 23.8 Å². The molecule has 0 amide bonds. The maximum Gasteiger partial charge on any atom is 0.146 e. The minimum absolute atomic E-state index is 0.391. The summed E-state index contributed by atoms with van der Waals surface area (Å²) >= 11 is 1.76. The minimum atomic E-state index is 0.391. The lowest BCUT2D eigenvalue weighted by atomic mass is 10.1. The molecule has 1 saturated heterocycles. The highest BCUT2D eigenvalue weighted by Crippen LogP contribution is 2.14. The fraction of sp³-hybridized carbons (Fsp3) is 0.500. The first-order valence-electron chi connectivity index (χ1n) is 4.61. The van der Waals surface area contributed by atoms with Crippen LogP contribution in [0.4, 0.5) is 0 Å². The average molecular weight is 195 g/mol. The van der Waals surface area contributed by atoms with Gasteiger partial charge in [0.25, 0.3) is 0 Å². The summed E-state index contributed by atoms with van der Waals surface area (Å²) in [7, 11) is 0. The zero-order valence-electron chi connectivity index (χ0n) is 7.53. The summed E-state index contributed by atoms with van der Waals surface area (Å²) in [5.74, 6) is 0.391. The highest BCUT2D eigenvalue weighted by Gasteiger charge is 2.16. The molecule has 70 valence electrons. The van der Waals surface area contributed by atoms with E-state index in [2.05, 4.69) is 22.4 Å². The normalized spacial score (nSPS) is 19.2. The van der Waals surface area contributed by atoms with E-state index in [-0.39, 0.29) is 0 Å². The number of carbonyl (C=O) groups excluding carboxylic acids is 1. The van der Waals surface area contributed by atoms with Crippen LogP contribution in [0, 0.1) is 0 Å². The Bertz CT molecular complexity index is 281. The molecule has 0 aromatic carbocycles. The molecule has 1 fully saturated rings. The topological polar surface area (TPSA) is 20.3 Å². The van der Waals surface area contributed by atoms with E-state index < -0.39 is 0 Å². The van der Waals surface area contributed by atoms with E-state index in [9.17, 15) is 4.79 Å². The number of thiophene rings is 1. The number of hydrogen-bond donors (Lipinski definition) is 0. The van der Waals surface area contributed by atoms with Crippen molar-refractivity contribution in [3.05, 3.63) is 22.4 Å². The predicted octanol–water partition coefficient (Wildman–Crippen LogP) is 1.91. The number of likely N-dealkylation sites (tertiary alicyclic amines) is 1. The summed E-state index contributed by atoms with van der Waals surface area (Å²) in [5, 5.41) is 2.08. The van der Waals surface area contributed by atoms with Crippen LogP contribution in [0.5, 0.6) is 0 Å². The van der Waals surface area contributed by atoms with Gasteiger partial charge in [-0.15, -0.1) is 11.3 Å². The fourth-order valence-electron chi connectivity index (χ4n) is 1.67. The summed E-state index contributed by atoms with van der Waals surface area (Å²) in [5.41, 5.74) is 0. The molecule has 2 nitrogen and oxygen atoms in total. The van der Waals surface area contributed by atoms with E-state index in [0.717, 1.165) is 25.9 Å². The molecular weight excluding hydrogens is 182 g/mol. The number of hydrogen-bond acceptors (Lipinski definition) is 3. The number of ketones is 1. The number of nitrogens with zero attached hydrogens (tertiary/aromatic N) is 1. The van der Waals surface area contributed by atoms with E-state index in [0.29, 0.717) is 12.3 Å². The molecule has 2 rings (SSSR count). The van der Waals surface area contributed by atoms with Crippen LogP contribution in [0.2, 0.25) is 0 Å². The Labute approximate surface area is 82.2 Å². The van der Waals surface area contributed by atoms with Crippen molar-refractivity contribution in [1.29, 1.82) is 0 Å². The van der Waals surface area contributed by atoms with Crippen molar-refractivity contribution in [2.24, 2.45) is 0 Å². The van der Waals surface area contributed by atoms with Crippen LogP contribution in [0.3, 0.4) is 0 Å². The van der Waals surface area contributed by atoms with E-state index in [1.54, 1.807) is 11.3 Å². The van der Waals surface area contributed by atoms with E-state index in [1.165, 1.54) is 4.88 Å². The van der Waals surface area contributed by atoms with Gasteiger partial charge < -0.3 is 0 Å². The molecule has 0 N–H and O–H groups in total. The highest BCUT2D eigenvalue weighted by atomic mass is 32.1. The Morgan fingerprint density at radius 1 is 1.54 bits per heavy atom. The highest BCUT2D eigenvalue weighted by molar-refractivity contribution is 7.09. The van der Waals surface area contributed by atoms with Crippen molar-refractivity contribution in [1.82, 2.24) is 4.90 Å². The van der Waals surface area contributed by atoms with Gasteiger partial charge in [-0.1, -0.05) is 6.07 Å². The first-order chi connectivity index (χ1) is 6.34. The molecule has 0 unspecified atom stereocenters. The summed E-state index contributed by atoms with van der Waals surface area (Å²) in [6.07, 6.45) is 1.81. The molecule has 1 aliphatic rings. The lowest BCUT2D eigenvalue weighted by Gasteiger charge is -2.24. The molecule has 1 aromatic rings. The van der Waals surface area contributed by atoms with Crippen LogP contribution in [0.25, 0.3) is 0 Å². The van der Waals surface area contributed by atoms with Crippen molar-refractivity contribution in [3.8, 4) is 0 Å². The Hall–Kier alpha value is -0.670. The predicted molar refractivity (Wildman–Crippen MR) is 53.8 cm³/mol. The van der Waals surface area contributed by atoms with E-state index in [1.807, 2.05) is 0 Å². The van der Waals surface area contributed by atoms with E-state index in [4.69, 9.17) is 0 Å². The molecule has 13 heavy (non-hydrogen) atoms. The largest absolute Gasteiger partial charge is 0.298 e. The van der Waals surface area contributed by atoms with Gasteiger partial charge in [0.15, 0.2) is 0 Å². The Morgan fingerprint density at radius 3 is 3.15 bits per heavy atom. The lowest BCUT2D eigenvalue weighted by Crippen LogP contribution is -2.34. The molecule has 1 aromatic heterocycles. The summed E-state index contributed by atoms with van der Waals surface area (Å²) < 4.78 is 0. The Balaban J connectivity index is 1.91. The number of rotatable bonds is 2. The maximum absolute atomic E-state index is 11.2. The van der Waals surface area contributed by atoms with Crippen LogP contribution in [0.15, 0.2) is 17.5 Å². The second kappa shape index (κ2) is 4.03. The molecule has 0 aliphatic carbocycles. The SMILES string of the molecule is O=C1CCCN(Cc2cccs2)C1. The first-order valence-corrected chi connectivity index (χ1v) is 5.49. The molecule has 0 radical (unpaired) electrons. The Morgan fingerprint density at radius 2 is 2.46 bits per heavy atom. The van der Waals surface area contributed by atoms with Gasteiger partial charge in [-0.3, -0.25) is 9.69 Å². The maximum atomic E-state index is 11.2. The van der Waals surface area contributed by atoms with Gasteiger partial charge in [0.05, 0.1) is 6.54 Å². The summed E-state index contributed by atoms with van der Waals surface area (Å²) in [4.78, 5) is 14.8. The molecular formula is C10H13NOS. The average Bonchev–Trinajstić information content (AvgIpc) is 2.57. The monoisotopic (exact) mass is 195 g/mol. The zero-order valence-corrected chi connectivity index (χ0v) is 8.35. The van der Waals surface area contributed by atoms with Crippen molar-refractivity contribution in [3.63, 3.8) is 0 Å². The van der Waals surface area contributed by atoms with Gasteiger partial charge in [-0.05, 0) is 24.4 Å². The standard InChI is InChI=1S/C10H13NOS/c12-9-3-1-5-11(7-9)8-10-4-2-6-13-10/h2,4,6H,1,3,5,7-8H2. The quantitative estimate of drug-likeness (QED) is 0.718. The van der Waals surface area contributed by atoms with Crippen molar-refractivity contribution in [2.75, 3.05) is 13.1 Å². The summed E-state index contributed by atoms with van der Waals surface area (Å²) in [6, 6.07) is 4.19. The smallest absolute Gasteiger partial charge is 0.146 e. The zero-order chi connectivity index (χ0) is 9.10. The third kappa shape index (κ3) is 2.39. The third-order valence-electron chi connectivity index (χ3n) is 2.29. The van der Waals surface area contributed by atoms with Gasteiger partial charge in [0.2, 0.25) is 0 Å². The van der Waals surface area contributed by atoms with Crippen LogP contribution in [0.1, 0.15) is 17.7 Å². The lowest BCUT2D eigenvalue weighted by molar-refractivity contribution is -0.122. The van der Waals surface area contributed by atoms with Gasteiger partial charge in [-0.2, -0.15) is 0 Å². The van der Waals surface area contributed by atoms with Gasteiger partial charge in [-0.25, -0.2) is 0 Å². The van der Waals surface area contributed by atoms with Crippen molar-refractivity contribution in [2.45, 2.75) is 19.4 Å². The molecule has 0 bridgehead atoms. The number of piperidine rings is 1. The molecule has 2 heterocycles. The molecule has 0 spiro atoms. The number of Topliss-reactive ketones (excluding diaryl/α,β-unsaturated/α-hetero) is 1. The van der Waals surface area contributed by atoms with E-state index >= 15 is 0 Å². The van der Waals surface area contributed by atoms with Crippen LogP contribution >= 0.6 is 11.3 Å². The minimum Gasteiger partial charge on any atom is -0.298 e. The molecule has 0 atom stereocenters. The first kappa shape index (κ1) is 8.91. The second-order valence-corrected chi connectivity index (χ2v) is 4.46.